The average molecular weight is 380 g/mol. The van der Waals surface area contributed by atoms with Gasteiger partial charge in [0.05, 0.1) is 5.69 Å². The Kier molecular flexibility index (Phi) is 5.98. The van der Waals surface area contributed by atoms with Crippen molar-refractivity contribution < 1.29 is 9.90 Å². The second-order valence-electron chi connectivity index (χ2n) is 8.00. The average Bonchev–Trinajstić information content (AvgIpc) is 2.61. The van der Waals surface area contributed by atoms with Crippen molar-refractivity contribution in [1.82, 2.24) is 4.90 Å². The van der Waals surface area contributed by atoms with E-state index >= 15 is 0 Å². The summed E-state index contributed by atoms with van der Waals surface area (Å²) in [5.41, 5.74) is 7.23. The van der Waals surface area contributed by atoms with E-state index in [-0.39, 0.29) is 18.3 Å². The number of anilines is 1. The number of carbonyl (C=O) groups is 1. The summed E-state index contributed by atoms with van der Waals surface area (Å²) in [7, 11) is 0. The van der Waals surface area contributed by atoms with Crippen LogP contribution in [-0.2, 0) is 4.79 Å². The minimum Gasteiger partial charge on any atom is -0.506 e. The van der Waals surface area contributed by atoms with Crippen LogP contribution in [0, 0.1) is 17.8 Å². The maximum atomic E-state index is 13.0. The fourth-order valence-corrected chi connectivity index (χ4v) is 5.15. The second kappa shape index (κ2) is 8.05. The van der Waals surface area contributed by atoms with Crippen LogP contribution in [0.15, 0.2) is 24.3 Å². The molecule has 1 amide bonds. The van der Waals surface area contributed by atoms with Crippen LogP contribution in [0.1, 0.15) is 32.1 Å². The molecule has 0 radical (unpaired) electrons. The smallest absolute Gasteiger partial charge is 0.225 e. The van der Waals surface area contributed by atoms with Gasteiger partial charge in [-0.2, -0.15) is 0 Å². The Balaban J connectivity index is 0.00000196. The molecule has 0 aromatic heterocycles. The number of hydrogen-bond acceptors (Lipinski definition) is 4. The summed E-state index contributed by atoms with van der Waals surface area (Å²) in [4.78, 5) is 17.2. The Morgan fingerprint density at radius 3 is 2.27 bits per heavy atom. The lowest BCUT2D eigenvalue weighted by molar-refractivity contribution is -0.138. The molecule has 4 rings (SSSR count). The largest absolute Gasteiger partial charge is 0.506 e. The van der Waals surface area contributed by atoms with Gasteiger partial charge in [-0.3, -0.25) is 4.79 Å². The van der Waals surface area contributed by atoms with Crippen molar-refractivity contribution in [3.8, 4) is 5.75 Å². The minimum absolute atomic E-state index is 0. The number of phenols is 1. The predicted molar refractivity (Wildman–Crippen MR) is 106 cm³/mol. The zero-order valence-corrected chi connectivity index (χ0v) is 16.0. The Labute approximate surface area is 161 Å². The van der Waals surface area contributed by atoms with Crippen molar-refractivity contribution in [2.24, 2.45) is 23.5 Å². The van der Waals surface area contributed by atoms with E-state index in [0.717, 1.165) is 44.7 Å². The maximum Gasteiger partial charge on any atom is 0.225 e. The summed E-state index contributed by atoms with van der Waals surface area (Å²) in [6.07, 6.45) is 5.64. The third-order valence-corrected chi connectivity index (χ3v) is 6.58. The molecule has 1 aromatic carbocycles. The van der Waals surface area contributed by atoms with Crippen molar-refractivity contribution in [3.63, 3.8) is 0 Å². The molecule has 5 nitrogen and oxygen atoms in total. The van der Waals surface area contributed by atoms with Crippen molar-refractivity contribution in [1.29, 1.82) is 0 Å². The van der Waals surface area contributed by atoms with Crippen LogP contribution in [0.3, 0.4) is 0 Å². The number of piperazine rings is 1. The van der Waals surface area contributed by atoms with E-state index in [1.165, 1.54) is 19.3 Å². The van der Waals surface area contributed by atoms with E-state index in [1.54, 1.807) is 6.07 Å². The Morgan fingerprint density at radius 2 is 1.65 bits per heavy atom. The Morgan fingerprint density at radius 1 is 1.04 bits per heavy atom. The molecule has 3 fully saturated rings. The van der Waals surface area contributed by atoms with Gasteiger partial charge < -0.3 is 20.6 Å². The highest BCUT2D eigenvalue weighted by Crippen LogP contribution is 2.42. The van der Waals surface area contributed by atoms with Gasteiger partial charge in [-0.25, -0.2) is 0 Å². The van der Waals surface area contributed by atoms with Crippen LogP contribution in [0.4, 0.5) is 5.69 Å². The van der Waals surface area contributed by atoms with Crippen LogP contribution >= 0.6 is 12.4 Å². The summed E-state index contributed by atoms with van der Waals surface area (Å²) in [6.45, 7) is 3.04. The van der Waals surface area contributed by atoms with Crippen LogP contribution in [0.25, 0.3) is 0 Å². The highest BCUT2D eigenvalue weighted by atomic mass is 35.5. The molecule has 144 valence electrons. The first-order chi connectivity index (χ1) is 12.1. The molecule has 1 aromatic rings. The lowest BCUT2D eigenvalue weighted by Crippen LogP contribution is -2.53. The van der Waals surface area contributed by atoms with Crippen LogP contribution in [0.2, 0.25) is 0 Å². The molecule has 0 spiro atoms. The first-order valence-electron chi connectivity index (χ1n) is 9.71. The van der Waals surface area contributed by atoms with Gasteiger partial charge in [0.15, 0.2) is 0 Å². The third kappa shape index (κ3) is 3.65. The van der Waals surface area contributed by atoms with Crippen LogP contribution in [0.5, 0.6) is 5.75 Å². The molecule has 3 N–H and O–H groups in total. The fourth-order valence-electron chi connectivity index (χ4n) is 5.15. The minimum atomic E-state index is 0. The van der Waals surface area contributed by atoms with E-state index in [9.17, 15) is 9.90 Å². The van der Waals surface area contributed by atoms with Gasteiger partial charge in [-0.05, 0) is 49.7 Å². The molecule has 2 saturated carbocycles. The highest BCUT2D eigenvalue weighted by Gasteiger charge is 2.41. The molecular formula is C20H30ClN3O2. The quantitative estimate of drug-likeness (QED) is 0.828. The third-order valence-electron chi connectivity index (χ3n) is 6.58. The number of nitrogens with two attached hydrogens (primary N) is 1. The lowest BCUT2D eigenvalue weighted by atomic mass is 9.65. The lowest BCUT2D eigenvalue weighted by Gasteiger charge is -2.45. The molecule has 6 heteroatoms. The van der Waals surface area contributed by atoms with Gasteiger partial charge in [-0.15, -0.1) is 12.4 Å². The number of halogens is 1. The topological polar surface area (TPSA) is 69.8 Å². The van der Waals surface area contributed by atoms with E-state index < -0.39 is 0 Å². The van der Waals surface area contributed by atoms with Gasteiger partial charge in [0.1, 0.15) is 5.75 Å². The molecule has 2 bridgehead atoms. The summed E-state index contributed by atoms with van der Waals surface area (Å²) in [5, 5.41) is 10.0. The van der Waals surface area contributed by atoms with Crippen LogP contribution in [-0.4, -0.2) is 48.1 Å². The number of amides is 1. The van der Waals surface area contributed by atoms with Crippen molar-refractivity contribution in [2.45, 2.75) is 38.1 Å². The van der Waals surface area contributed by atoms with Crippen molar-refractivity contribution in [3.05, 3.63) is 24.3 Å². The van der Waals surface area contributed by atoms with Gasteiger partial charge in [0.2, 0.25) is 5.91 Å². The number of fused-ring (bicyclic) bond motifs is 2. The monoisotopic (exact) mass is 379 g/mol. The molecule has 1 aliphatic heterocycles. The number of rotatable bonds is 2. The number of aromatic hydroxyl groups is 1. The van der Waals surface area contributed by atoms with E-state index in [0.29, 0.717) is 29.5 Å². The van der Waals surface area contributed by atoms with Crippen molar-refractivity contribution in [2.75, 3.05) is 31.1 Å². The maximum absolute atomic E-state index is 13.0. The number of para-hydroxylation sites is 2. The van der Waals surface area contributed by atoms with Gasteiger partial charge >= 0.3 is 0 Å². The standard InChI is InChI=1S/C20H29N3O2.ClH/c21-19-14-4-3-5-15(19)13-16(12-14)20(25)23-10-8-22(9-11-23)17-6-1-2-7-18(17)24;/h1-2,6-7,14-16,19,24H,3-5,8-13,21H2;1H. The van der Waals surface area contributed by atoms with Gasteiger partial charge in [0.25, 0.3) is 0 Å². The summed E-state index contributed by atoms with van der Waals surface area (Å²) < 4.78 is 0. The first-order valence-corrected chi connectivity index (χ1v) is 9.71. The Hall–Kier alpha value is -1.46. The molecular weight excluding hydrogens is 350 g/mol. The second-order valence-corrected chi connectivity index (χ2v) is 8.00. The molecule has 26 heavy (non-hydrogen) atoms. The van der Waals surface area contributed by atoms with Crippen LogP contribution < -0.4 is 10.6 Å². The normalized spacial score (nSPS) is 31.3. The SMILES string of the molecule is Cl.NC1C2CCCC1CC(C(=O)N1CCN(c3ccccc3O)CC1)C2. The first kappa shape index (κ1) is 19.3. The molecule has 3 aliphatic rings. The number of carbonyl (C=O) groups excluding carboxylic acids is 1. The highest BCUT2D eigenvalue weighted by molar-refractivity contribution is 5.85. The number of nitrogens with zero attached hydrogens (tertiary/aromatic N) is 2. The van der Waals surface area contributed by atoms with E-state index in [4.69, 9.17) is 5.73 Å². The zero-order chi connectivity index (χ0) is 17.4. The molecule has 2 unspecified atom stereocenters. The predicted octanol–water partition coefficient (Wildman–Crippen LogP) is 2.62. The van der Waals surface area contributed by atoms with Gasteiger partial charge in [0, 0.05) is 38.1 Å². The zero-order valence-electron chi connectivity index (χ0n) is 15.2. The van der Waals surface area contributed by atoms with E-state index in [2.05, 4.69) is 4.90 Å². The van der Waals surface area contributed by atoms with Gasteiger partial charge in [-0.1, -0.05) is 18.6 Å². The number of hydrogen-bond donors (Lipinski definition) is 2. The summed E-state index contributed by atoms with van der Waals surface area (Å²) >= 11 is 0. The molecule has 2 aliphatic carbocycles. The Bertz CT molecular complexity index is 619. The summed E-state index contributed by atoms with van der Waals surface area (Å²) in [6, 6.07) is 7.75. The van der Waals surface area contributed by atoms with E-state index in [1.807, 2.05) is 23.1 Å². The molecule has 1 saturated heterocycles. The molecule has 2 atom stereocenters. The van der Waals surface area contributed by atoms with Crippen molar-refractivity contribution >= 4 is 24.0 Å². The number of phenolic OH excluding ortho intramolecular Hbond substituents is 1. The fraction of sp³-hybridized carbons (Fsp3) is 0.650. The number of benzene rings is 1. The molecule has 1 heterocycles. The summed E-state index contributed by atoms with van der Waals surface area (Å²) in [5.74, 6) is 1.91.